The number of H-pyrrole nitrogens is 2. The molecule has 0 aliphatic rings. The Balaban J connectivity index is 2.23. The van der Waals surface area contributed by atoms with E-state index in [2.05, 4.69) is 35.9 Å². The summed E-state index contributed by atoms with van der Waals surface area (Å²) in [5, 5.41) is 0. The normalized spacial score (nSPS) is 11.1. The lowest BCUT2D eigenvalue weighted by Gasteiger charge is -1.99. The quantitative estimate of drug-likeness (QED) is 0.778. The number of hydrogen-bond donors (Lipinski definition) is 2. The van der Waals surface area contributed by atoms with Gasteiger partial charge in [0.05, 0.1) is 10.6 Å². The van der Waals surface area contributed by atoms with Crippen molar-refractivity contribution in [3.8, 4) is 10.6 Å². The van der Waals surface area contributed by atoms with Gasteiger partial charge in [-0.1, -0.05) is 13.8 Å². The molecule has 80 valence electrons. The van der Waals surface area contributed by atoms with Crippen LogP contribution in [-0.4, -0.2) is 9.97 Å². The zero-order valence-corrected chi connectivity index (χ0v) is 10.5. The van der Waals surface area contributed by atoms with Crippen LogP contribution >= 0.6 is 23.6 Å². The van der Waals surface area contributed by atoms with Gasteiger partial charge in [-0.2, -0.15) is 0 Å². The topological polar surface area (TPSA) is 31.6 Å². The lowest BCUT2D eigenvalue weighted by atomic mass is 10.1. The van der Waals surface area contributed by atoms with Crippen molar-refractivity contribution in [1.82, 2.24) is 9.97 Å². The van der Waals surface area contributed by atoms with Crippen molar-refractivity contribution < 1.29 is 0 Å². The van der Waals surface area contributed by atoms with Gasteiger partial charge >= 0.3 is 0 Å². The molecule has 2 rings (SSSR count). The second-order valence-corrected chi connectivity index (χ2v) is 5.60. The number of nitrogens with one attached hydrogen (secondary N) is 2. The fraction of sp³-hybridized carbons (Fsp3) is 0.364. The zero-order valence-electron chi connectivity index (χ0n) is 8.83. The lowest BCUT2D eigenvalue weighted by Crippen LogP contribution is -1.89. The van der Waals surface area contributed by atoms with Crippen LogP contribution in [0.5, 0.6) is 0 Å². The van der Waals surface area contributed by atoms with Gasteiger partial charge in [0.1, 0.15) is 0 Å². The maximum absolute atomic E-state index is 5.00. The summed E-state index contributed by atoms with van der Waals surface area (Å²) in [6.45, 7) is 4.48. The predicted molar refractivity (Wildman–Crippen MR) is 67.8 cm³/mol. The SMILES string of the molecule is CC(C)Cc1ccc(-c2c[nH]c(=S)[nH]2)s1. The predicted octanol–water partition coefficient (Wildman–Crippen LogP) is 4.00. The molecule has 0 spiro atoms. The summed E-state index contributed by atoms with van der Waals surface area (Å²) in [4.78, 5) is 8.79. The number of rotatable bonds is 3. The van der Waals surface area contributed by atoms with Gasteiger partial charge in [-0.3, -0.25) is 0 Å². The minimum Gasteiger partial charge on any atom is -0.337 e. The third-order valence-electron chi connectivity index (χ3n) is 2.13. The van der Waals surface area contributed by atoms with Crippen LogP contribution in [0.25, 0.3) is 10.6 Å². The van der Waals surface area contributed by atoms with Crippen LogP contribution in [0, 0.1) is 10.7 Å². The maximum atomic E-state index is 5.00. The highest BCUT2D eigenvalue weighted by atomic mass is 32.1. The van der Waals surface area contributed by atoms with Gasteiger partial charge < -0.3 is 9.97 Å². The van der Waals surface area contributed by atoms with Gasteiger partial charge in [-0.25, -0.2) is 0 Å². The average molecular weight is 238 g/mol. The first-order valence-electron chi connectivity index (χ1n) is 5.02. The van der Waals surface area contributed by atoms with Crippen LogP contribution in [0.15, 0.2) is 18.3 Å². The first-order chi connectivity index (χ1) is 7.15. The molecular weight excluding hydrogens is 224 g/mol. The molecular formula is C11H14N2S2. The Morgan fingerprint density at radius 1 is 1.40 bits per heavy atom. The lowest BCUT2D eigenvalue weighted by molar-refractivity contribution is 0.654. The van der Waals surface area contributed by atoms with E-state index in [1.165, 1.54) is 9.75 Å². The Labute approximate surface area is 98.4 Å². The monoisotopic (exact) mass is 238 g/mol. The Morgan fingerprint density at radius 3 is 2.80 bits per heavy atom. The molecule has 2 heterocycles. The summed E-state index contributed by atoms with van der Waals surface area (Å²) >= 11 is 6.83. The van der Waals surface area contributed by atoms with Crippen LogP contribution < -0.4 is 0 Å². The Bertz CT molecular complexity index is 490. The molecule has 2 nitrogen and oxygen atoms in total. The Hall–Kier alpha value is -0.870. The van der Waals surface area contributed by atoms with Gasteiger partial charge in [-0.15, -0.1) is 11.3 Å². The molecule has 2 N–H and O–H groups in total. The van der Waals surface area contributed by atoms with Crippen molar-refractivity contribution in [3.63, 3.8) is 0 Å². The minimum absolute atomic E-state index is 0.684. The van der Waals surface area contributed by atoms with E-state index in [4.69, 9.17) is 12.2 Å². The molecule has 0 saturated heterocycles. The van der Waals surface area contributed by atoms with Crippen molar-refractivity contribution in [2.24, 2.45) is 5.92 Å². The summed E-state index contributed by atoms with van der Waals surface area (Å²) in [5.41, 5.74) is 1.08. The van der Waals surface area contributed by atoms with Crippen molar-refractivity contribution in [2.75, 3.05) is 0 Å². The smallest absolute Gasteiger partial charge is 0.174 e. The molecule has 0 fully saturated rings. The molecule has 0 amide bonds. The van der Waals surface area contributed by atoms with Gasteiger partial charge in [0, 0.05) is 11.1 Å². The highest BCUT2D eigenvalue weighted by Gasteiger charge is 2.05. The fourth-order valence-corrected chi connectivity index (χ4v) is 2.86. The first-order valence-corrected chi connectivity index (χ1v) is 6.24. The molecule has 0 radical (unpaired) electrons. The summed E-state index contributed by atoms with van der Waals surface area (Å²) in [7, 11) is 0. The molecule has 0 aliphatic heterocycles. The van der Waals surface area contributed by atoms with Crippen molar-refractivity contribution >= 4 is 23.6 Å². The molecule has 0 unspecified atom stereocenters. The second kappa shape index (κ2) is 4.33. The van der Waals surface area contributed by atoms with Crippen molar-refractivity contribution in [3.05, 3.63) is 28.0 Å². The Kier molecular flexibility index (Phi) is 3.07. The van der Waals surface area contributed by atoms with Crippen molar-refractivity contribution in [1.29, 1.82) is 0 Å². The number of hydrogen-bond acceptors (Lipinski definition) is 2. The summed E-state index contributed by atoms with van der Waals surface area (Å²) in [6, 6.07) is 4.35. The molecule has 0 aliphatic carbocycles. The Morgan fingerprint density at radius 2 is 2.20 bits per heavy atom. The van der Waals surface area contributed by atoms with E-state index in [0.29, 0.717) is 10.7 Å². The third-order valence-corrected chi connectivity index (χ3v) is 3.49. The maximum Gasteiger partial charge on any atom is 0.174 e. The number of aromatic amines is 2. The van der Waals surface area contributed by atoms with Crippen molar-refractivity contribution in [2.45, 2.75) is 20.3 Å². The van der Waals surface area contributed by atoms with E-state index in [9.17, 15) is 0 Å². The van der Waals surface area contributed by atoms with Crippen LogP contribution in [0.2, 0.25) is 0 Å². The van der Waals surface area contributed by atoms with Gasteiger partial charge in [0.15, 0.2) is 4.77 Å². The molecule has 0 atom stereocenters. The van der Waals surface area contributed by atoms with E-state index in [0.717, 1.165) is 12.1 Å². The zero-order chi connectivity index (χ0) is 10.8. The second-order valence-electron chi connectivity index (χ2n) is 4.02. The molecule has 2 aromatic rings. The van der Waals surface area contributed by atoms with Crippen LogP contribution in [0.4, 0.5) is 0 Å². The summed E-state index contributed by atoms with van der Waals surface area (Å²) in [5.74, 6) is 0.709. The van der Waals surface area contributed by atoms with Gasteiger partial charge in [0.2, 0.25) is 0 Å². The first kappa shape index (κ1) is 10.6. The summed E-state index contributed by atoms with van der Waals surface area (Å²) in [6.07, 6.45) is 3.07. The molecule has 0 aromatic carbocycles. The number of aromatic nitrogens is 2. The highest BCUT2D eigenvalue weighted by Crippen LogP contribution is 2.27. The van der Waals surface area contributed by atoms with E-state index in [-0.39, 0.29) is 0 Å². The van der Waals surface area contributed by atoms with E-state index in [1.807, 2.05) is 17.5 Å². The number of thiophene rings is 1. The van der Waals surface area contributed by atoms with Crippen LogP contribution in [0.3, 0.4) is 0 Å². The summed E-state index contributed by atoms with van der Waals surface area (Å²) < 4.78 is 0.684. The number of imidazole rings is 1. The standard InChI is InChI=1S/C11H14N2S2/c1-7(2)5-8-3-4-10(15-8)9-6-12-11(14)13-9/h3-4,6-7H,5H2,1-2H3,(H2,12,13,14). The molecule has 2 aromatic heterocycles. The van der Waals surface area contributed by atoms with Gasteiger partial charge in [0.25, 0.3) is 0 Å². The molecule has 15 heavy (non-hydrogen) atoms. The van der Waals surface area contributed by atoms with Crippen LogP contribution in [0.1, 0.15) is 18.7 Å². The van der Waals surface area contributed by atoms with E-state index >= 15 is 0 Å². The fourth-order valence-electron chi connectivity index (χ4n) is 1.50. The molecule has 0 bridgehead atoms. The minimum atomic E-state index is 0.684. The largest absolute Gasteiger partial charge is 0.337 e. The van der Waals surface area contributed by atoms with E-state index < -0.39 is 0 Å². The average Bonchev–Trinajstić information content (AvgIpc) is 2.72. The van der Waals surface area contributed by atoms with Crippen LogP contribution in [-0.2, 0) is 6.42 Å². The van der Waals surface area contributed by atoms with Gasteiger partial charge in [-0.05, 0) is 36.7 Å². The highest BCUT2D eigenvalue weighted by molar-refractivity contribution is 7.71. The molecule has 0 saturated carbocycles. The molecule has 4 heteroatoms. The van der Waals surface area contributed by atoms with E-state index in [1.54, 1.807) is 0 Å². The third kappa shape index (κ3) is 2.58.